The first-order chi connectivity index (χ1) is 7.50. The third-order valence-corrected chi connectivity index (χ3v) is 3.06. The Hall–Kier alpha value is -1.64. The third-order valence-electron chi connectivity index (χ3n) is 3.06. The van der Waals surface area contributed by atoms with Gasteiger partial charge in [0, 0.05) is 17.3 Å². The number of aryl methyl sites for hydroxylation is 1. The number of H-pyrrole nitrogens is 1. The lowest BCUT2D eigenvalue weighted by atomic mass is 9.98. The monoisotopic (exact) mass is 216 g/mol. The summed E-state index contributed by atoms with van der Waals surface area (Å²) < 4.78 is 0. The molecule has 2 aliphatic heterocycles. The predicted molar refractivity (Wildman–Crippen MR) is 65.0 cm³/mol. The highest BCUT2D eigenvalue weighted by Crippen LogP contribution is 2.25. The molecule has 0 saturated carbocycles. The topological polar surface area (TPSA) is 45.8 Å². The van der Waals surface area contributed by atoms with Gasteiger partial charge in [-0.3, -0.25) is 4.79 Å². The quantitative estimate of drug-likeness (QED) is 0.796. The lowest BCUT2D eigenvalue weighted by Gasteiger charge is -2.13. The summed E-state index contributed by atoms with van der Waals surface area (Å²) in [7, 11) is 0. The average Bonchev–Trinajstić information content (AvgIpc) is 2.23. The number of rotatable bonds is 1. The smallest absolute Gasteiger partial charge is 0.275 e. The zero-order valence-corrected chi connectivity index (χ0v) is 10.1. The fraction of sp³-hybridized carbons (Fsp3) is 0.385. The minimum atomic E-state index is -0.123. The molecule has 0 bridgehead atoms. The van der Waals surface area contributed by atoms with Crippen LogP contribution in [0.15, 0.2) is 17.1 Å². The molecule has 0 radical (unpaired) electrons. The van der Waals surface area contributed by atoms with Gasteiger partial charge in [0.2, 0.25) is 0 Å². The van der Waals surface area contributed by atoms with Gasteiger partial charge in [0.15, 0.2) is 0 Å². The van der Waals surface area contributed by atoms with Crippen molar-refractivity contribution >= 4 is 0 Å². The molecule has 0 aromatic carbocycles. The number of aromatic nitrogens is 2. The Balaban J connectivity index is 2.82. The van der Waals surface area contributed by atoms with Crippen LogP contribution in [0.1, 0.15) is 36.5 Å². The van der Waals surface area contributed by atoms with Crippen LogP contribution < -0.4 is 5.56 Å². The zero-order valence-electron chi connectivity index (χ0n) is 10.1. The van der Waals surface area contributed by atoms with E-state index in [9.17, 15) is 4.79 Å². The van der Waals surface area contributed by atoms with E-state index in [-0.39, 0.29) is 11.5 Å². The molecule has 0 atom stereocenters. The first-order valence-electron chi connectivity index (χ1n) is 5.50. The zero-order chi connectivity index (χ0) is 11.9. The van der Waals surface area contributed by atoms with Gasteiger partial charge in [-0.1, -0.05) is 13.8 Å². The molecule has 0 fully saturated rings. The van der Waals surface area contributed by atoms with E-state index in [1.807, 2.05) is 33.0 Å². The third kappa shape index (κ3) is 1.62. The summed E-state index contributed by atoms with van der Waals surface area (Å²) in [6.07, 6.45) is 1.89. The lowest BCUT2D eigenvalue weighted by molar-refractivity contribution is 0.841. The summed E-state index contributed by atoms with van der Waals surface area (Å²) in [5.74, 6) is 0.891. The molecule has 84 valence electrons. The van der Waals surface area contributed by atoms with Crippen LogP contribution in [0.5, 0.6) is 0 Å². The van der Waals surface area contributed by atoms with Crippen molar-refractivity contribution in [3.05, 3.63) is 39.3 Å². The fourth-order valence-electron chi connectivity index (χ4n) is 1.82. The van der Waals surface area contributed by atoms with E-state index in [2.05, 4.69) is 16.9 Å². The number of hydrogen-bond donors (Lipinski definition) is 1. The Bertz CT molecular complexity index is 555. The van der Waals surface area contributed by atoms with E-state index in [1.54, 1.807) is 0 Å². The van der Waals surface area contributed by atoms with Crippen LogP contribution in [0, 0.1) is 13.8 Å². The van der Waals surface area contributed by atoms with Gasteiger partial charge in [-0.2, -0.15) is 4.98 Å². The van der Waals surface area contributed by atoms with Gasteiger partial charge in [0.25, 0.3) is 5.56 Å². The van der Waals surface area contributed by atoms with E-state index in [4.69, 9.17) is 0 Å². The normalized spacial score (nSPS) is 11.3. The molecule has 0 unspecified atom stereocenters. The standard InChI is InChI=1S/C13H16N2O/c1-7(2)10-5-11-9(4)8(3)6-14-12(11)15-13(10)16/h5-7H,1-4H3,(H,14,15,16). The second-order valence-corrected chi connectivity index (χ2v) is 4.53. The molecule has 2 aliphatic rings. The molecule has 0 spiro atoms. The molecule has 0 amide bonds. The van der Waals surface area contributed by atoms with Gasteiger partial charge >= 0.3 is 0 Å². The van der Waals surface area contributed by atoms with Crippen LogP contribution in [0.2, 0.25) is 0 Å². The van der Waals surface area contributed by atoms with Crippen LogP contribution >= 0.6 is 0 Å². The molecule has 16 heavy (non-hydrogen) atoms. The van der Waals surface area contributed by atoms with Crippen molar-refractivity contribution < 1.29 is 0 Å². The fourth-order valence-corrected chi connectivity index (χ4v) is 1.82. The first kappa shape index (κ1) is 10.9. The highest BCUT2D eigenvalue weighted by molar-refractivity contribution is 5.63. The molecule has 1 N–H and O–H groups in total. The Morgan fingerprint density at radius 1 is 1.31 bits per heavy atom. The summed E-state index contributed by atoms with van der Waals surface area (Å²) in [4.78, 5) is 18.9. The highest BCUT2D eigenvalue weighted by Gasteiger charge is 2.14. The van der Waals surface area contributed by atoms with Crippen LogP contribution in [0.3, 0.4) is 0 Å². The Kier molecular flexibility index (Phi) is 2.54. The number of fused-ring (bicyclic) bond motifs is 1. The van der Waals surface area contributed by atoms with Crippen molar-refractivity contribution in [1.82, 2.24) is 9.97 Å². The minimum absolute atomic E-state index is 0.123. The Labute approximate surface area is 94.9 Å². The second-order valence-electron chi connectivity index (χ2n) is 4.53. The maximum atomic E-state index is 11.7. The Morgan fingerprint density at radius 2 is 2.00 bits per heavy atom. The van der Waals surface area contributed by atoms with E-state index in [0.29, 0.717) is 5.82 Å². The summed E-state index contributed by atoms with van der Waals surface area (Å²) in [6.45, 7) is 8.13. The van der Waals surface area contributed by atoms with Gasteiger partial charge in [0.1, 0.15) is 5.82 Å². The van der Waals surface area contributed by atoms with Crippen molar-refractivity contribution in [2.24, 2.45) is 0 Å². The van der Waals surface area contributed by atoms with E-state index in [1.165, 1.54) is 11.1 Å². The number of nitrogens with zero attached hydrogens (tertiary/aromatic N) is 1. The molecule has 0 aromatic heterocycles. The largest absolute Gasteiger partial charge is 0.346 e. The molecule has 2 rings (SSSR count). The van der Waals surface area contributed by atoms with Gasteiger partial charge in [-0.05, 0) is 37.0 Å². The number of pyridine rings is 2. The van der Waals surface area contributed by atoms with E-state index >= 15 is 0 Å². The molecule has 0 aromatic rings. The van der Waals surface area contributed by atoms with E-state index in [0.717, 1.165) is 11.1 Å². The van der Waals surface area contributed by atoms with Crippen molar-refractivity contribution in [2.75, 3.05) is 0 Å². The van der Waals surface area contributed by atoms with Crippen molar-refractivity contribution in [2.45, 2.75) is 33.6 Å². The van der Waals surface area contributed by atoms with Crippen molar-refractivity contribution in [1.29, 1.82) is 0 Å². The molecule has 2 heterocycles. The average molecular weight is 216 g/mol. The highest BCUT2D eigenvalue weighted by atomic mass is 16.1. The Morgan fingerprint density at radius 3 is 2.62 bits per heavy atom. The maximum Gasteiger partial charge on any atom is 0.275 e. The molecule has 3 heteroatoms. The molecular formula is C13H16N2O. The first-order valence-corrected chi connectivity index (χ1v) is 5.50. The van der Waals surface area contributed by atoms with Crippen molar-refractivity contribution in [3.63, 3.8) is 0 Å². The summed E-state index contributed by atoms with van der Waals surface area (Å²) in [5, 5.41) is 0. The van der Waals surface area contributed by atoms with Crippen LogP contribution in [-0.2, 0) is 0 Å². The van der Waals surface area contributed by atoms with E-state index < -0.39 is 0 Å². The SMILES string of the molecule is Cc1c[nH]c2nc(=O)c(C(C)C)cc-2c1C. The maximum absolute atomic E-state index is 11.7. The van der Waals surface area contributed by atoms with Crippen LogP contribution in [-0.4, -0.2) is 9.97 Å². The van der Waals surface area contributed by atoms with Crippen molar-refractivity contribution in [3.8, 4) is 11.4 Å². The van der Waals surface area contributed by atoms with Crippen LogP contribution in [0.4, 0.5) is 0 Å². The second kappa shape index (κ2) is 3.74. The van der Waals surface area contributed by atoms with Gasteiger partial charge < -0.3 is 4.98 Å². The van der Waals surface area contributed by atoms with Gasteiger partial charge in [-0.25, -0.2) is 0 Å². The number of hydrogen-bond acceptors (Lipinski definition) is 2. The summed E-state index contributed by atoms with van der Waals surface area (Å²) in [6, 6.07) is 1.97. The molecule has 3 nitrogen and oxygen atoms in total. The number of aromatic amines is 1. The molecule has 0 aliphatic carbocycles. The van der Waals surface area contributed by atoms with Gasteiger partial charge in [0.05, 0.1) is 0 Å². The van der Waals surface area contributed by atoms with Gasteiger partial charge in [-0.15, -0.1) is 0 Å². The lowest BCUT2D eigenvalue weighted by Crippen LogP contribution is -2.16. The molecular weight excluding hydrogens is 200 g/mol. The molecule has 0 saturated heterocycles. The van der Waals surface area contributed by atoms with Crippen LogP contribution in [0.25, 0.3) is 11.4 Å². The number of nitrogens with one attached hydrogen (secondary N) is 1. The summed E-state index contributed by atoms with van der Waals surface area (Å²) >= 11 is 0. The summed E-state index contributed by atoms with van der Waals surface area (Å²) in [5.41, 5.74) is 4.07. The predicted octanol–water partition coefficient (Wildman–Crippen LogP) is 2.61. The minimum Gasteiger partial charge on any atom is -0.346 e.